The van der Waals surface area contributed by atoms with Crippen molar-refractivity contribution in [1.82, 2.24) is 4.98 Å². The second-order valence-corrected chi connectivity index (χ2v) is 8.77. The number of hydrogen-bond acceptors (Lipinski definition) is 3. The monoisotopic (exact) mass is 421 g/mol. The molecule has 0 saturated heterocycles. The predicted octanol–water partition coefficient (Wildman–Crippen LogP) is 7.19. The molecular weight excluding hydrogens is 398 g/mol. The molecule has 0 aliphatic heterocycles. The van der Waals surface area contributed by atoms with Gasteiger partial charge in [-0.2, -0.15) is 0 Å². The van der Waals surface area contributed by atoms with E-state index in [4.69, 9.17) is 9.72 Å². The number of thiophene rings is 1. The molecule has 5 rings (SSSR count). The Labute approximate surface area is 182 Å². The van der Waals surface area contributed by atoms with Crippen molar-refractivity contribution in [1.29, 1.82) is 0 Å². The summed E-state index contributed by atoms with van der Waals surface area (Å²) in [7, 11) is 1.71. The van der Waals surface area contributed by atoms with E-state index in [2.05, 4.69) is 55.5 Å². The fourth-order valence-corrected chi connectivity index (χ4v) is 5.63. The van der Waals surface area contributed by atoms with Gasteiger partial charge in [-0.05, 0) is 60.1 Å². The van der Waals surface area contributed by atoms with E-state index in [1.807, 2.05) is 23.5 Å². The molecule has 4 heteroatoms. The molecule has 0 bridgehead atoms. The molecule has 2 aromatic carbocycles. The number of aryl methyl sites for hydroxylation is 1. The topological polar surface area (TPSA) is 22.1 Å². The lowest BCUT2D eigenvalue weighted by Gasteiger charge is -2.18. The predicted molar refractivity (Wildman–Crippen MR) is 125 cm³/mol. The van der Waals surface area contributed by atoms with Crippen LogP contribution in [0.2, 0.25) is 0 Å². The normalized spacial score (nSPS) is 15.6. The minimum atomic E-state index is 0. The molecule has 0 N–H and O–H groups in total. The highest BCUT2D eigenvalue weighted by Crippen LogP contribution is 2.43. The van der Waals surface area contributed by atoms with Gasteiger partial charge in [0.2, 0.25) is 0 Å². The summed E-state index contributed by atoms with van der Waals surface area (Å²) in [5.74, 6) is 1.62. The first kappa shape index (κ1) is 19.9. The van der Waals surface area contributed by atoms with Crippen LogP contribution in [-0.2, 0) is 12.8 Å². The van der Waals surface area contributed by atoms with Crippen molar-refractivity contribution in [3.8, 4) is 28.1 Å². The second kappa shape index (κ2) is 8.17. The number of pyridine rings is 1. The Morgan fingerprint density at radius 1 is 1.00 bits per heavy atom. The summed E-state index contributed by atoms with van der Waals surface area (Å²) < 4.78 is 5.43. The van der Waals surface area contributed by atoms with E-state index in [-0.39, 0.29) is 12.4 Å². The van der Waals surface area contributed by atoms with E-state index in [1.54, 1.807) is 7.11 Å². The van der Waals surface area contributed by atoms with Crippen LogP contribution in [-0.4, -0.2) is 12.1 Å². The van der Waals surface area contributed by atoms with Crippen molar-refractivity contribution < 1.29 is 4.74 Å². The lowest BCUT2D eigenvalue weighted by Crippen LogP contribution is -2.08. The van der Waals surface area contributed by atoms with Gasteiger partial charge in [-0.3, -0.25) is 0 Å². The maximum atomic E-state index is 5.43. The Hall–Kier alpha value is -2.36. The third kappa shape index (κ3) is 3.65. The average Bonchev–Trinajstić information content (AvgIpc) is 3.11. The largest absolute Gasteiger partial charge is 0.497 e. The van der Waals surface area contributed by atoms with Gasteiger partial charge < -0.3 is 4.74 Å². The Kier molecular flexibility index (Phi) is 5.62. The van der Waals surface area contributed by atoms with Gasteiger partial charge in [0.25, 0.3) is 0 Å². The molecule has 0 amide bonds. The molecule has 148 valence electrons. The maximum absolute atomic E-state index is 5.43. The highest BCUT2D eigenvalue weighted by atomic mass is 35.5. The van der Waals surface area contributed by atoms with Crippen molar-refractivity contribution in [3.05, 3.63) is 71.1 Å². The van der Waals surface area contributed by atoms with E-state index in [9.17, 15) is 0 Å². The van der Waals surface area contributed by atoms with Crippen LogP contribution in [0.25, 0.3) is 32.6 Å². The summed E-state index contributed by atoms with van der Waals surface area (Å²) in [6.07, 6.45) is 3.61. The van der Waals surface area contributed by atoms with Crippen LogP contribution in [0, 0.1) is 5.92 Å². The van der Waals surface area contributed by atoms with Crippen molar-refractivity contribution >= 4 is 34.0 Å². The Bertz CT molecular complexity index is 1150. The quantitative estimate of drug-likeness (QED) is 0.349. The van der Waals surface area contributed by atoms with Crippen molar-refractivity contribution in [2.75, 3.05) is 7.11 Å². The van der Waals surface area contributed by atoms with Gasteiger partial charge in [-0.25, -0.2) is 4.98 Å². The fraction of sp³-hybridized carbons (Fsp3) is 0.240. The van der Waals surface area contributed by atoms with E-state index in [1.165, 1.54) is 44.6 Å². The lowest BCUT2D eigenvalue weighted by molar-refractivity contribution is 0.415. The standard InChI is InChI=1S/C25H23NOS.ClH/c1-16-11-12-20-23(13-16)28-25-24(20)21(17-7-4-3-5-8-17)15-22(26-25)18-9-6-10-19(14-18)27-2;/h3-10,14-16H,11-13H2,1-2H3;1H. The molecule has 1 aliphatic rings. The molecule has 2 nitrogen and oxygen atoms in total. The Balaban J connectivity index is 0.00000205. The number of benzene rings is 2. The Morgan fingerprint density at radius 2 is 1.79 bits per heavy atom. The van der Waals surface area contributed by atoms with Gasteiger partial charge in [0.15, 0.2) is 0 Å². The summed E-state index contributed by atoms with van der Waals surface area (Å²) >= 11 is 1.89. The number of ether oxygens (including phenoxy) is 1. The van der Waals surface area contributed by atoms with E-state index < -0.39 is 0 Å². The number of aromatic nitrogens is 1. The lowest BCUT2D eigenvalue weighted by atomic mass is 9.87. The molecular formula is C25H24ClNOS. The first-order chi connectivity index (χ1) is 13.7. The molecule has 0 saturated carbocycles. The van der Waals surface area contributed by atoms with Crippen LogP contribution >= 0.6 is 23.7 Å². The van der Waals surface area contributed by atoms with Gasteiger partial charge in [0, 0.05) is 15.8 Å². The zero-order valence-corrected chi connectivity index (χ0v) is 18.3. The zero-order chi connectivity index (χ0) is 19.1. The highest BCUT2D eigenvalue weighted by molar-refractivity contribution is 7.19. The Morgan fingerprint density at radius 3 is 2.59 bits per heavy atom. The van der Waals surface area contributed by atoms with Crippen LogP contribution in [0.15, 0.2) is 60.7 Å². The van der Waals surface area contributed by atoms with Crippen molar-refractivity contribution in [2.45, 2.75) is 26.2 Å². The third-order valence-corrected chi connectivity index (χ3v) is 6.86. The molecule has 1 atom stereocenters. The summed E-state index contributed by atoms with van der Waals surface area (Å²) in [5, 5.41) is 1.37. The van der Waals surface area contributed by atoms with Crippen molar-refractivity contribution in [2.24, 2.45) is 5.92 Å². The first-order valence-electron chi connectivity index (χ1n) is 9.88. The van der Waals surface area contributed by atoms with Gasteiger partial charge >= 0.3 is 0 Å². The van der Waals surface area contributed by atoms with Gasteiger partial charge in [-0.1, -0.05) is 49.4 Å². The summed E-state index contributed by atoms with van der Waals surface area (Å²) in [5.41, 5.74) is 6.20. The summed E-state index contributed by atoms with van der Waals surface area (Å²) in [6, 6.07) is 21.2. The van der Waals surface area contributed by atoms with Gasteiger partial charge in [0.05, 0.1) is 12.8 Å². The van der Waals surface area contributed by atoms with E-state index >= 15 is 0 Å². The average molecular weight is 422 g/mol. The molecule has 0 fully saturated rings. The molecule has 0 spiro atoms. The maximum Gasteiger partial charge on any atom is 0.125 e. The number of nitrogens with zero attached hydrogens (tertiary/aromatic N) is 1. The van der Waals surface area contributed by atoms with Gasteiger partial charge in [0.1, 0.15) is 10.6 Å². The number of methoxy groups -OCH3 is 1. The number of rotatable bonds is 3. The van der Waals surface area contributed by atoms with Crippen LogP contribution in [0.4, 0.5) is 0 Å². The third-order valence-electron chi connectivity index (χ3n) is 5.72. The number of halogens is 1. The summed E-state index contributed by atoms with van der Waals surface area (Å²) in [4.78, 5) is 7.79. The summed E-state index contributed by atoms with van der Waals surface area (Å²) in [6.45, 7) is 2.36. The van der Waals surface area contributed by atoms with Crippen LogP contribution < -0.4 is 4.74 Å². The van der Waals surface area contributed by atoms with Gasteiger partial charge in [-0.15, -0.1) is 23.7 Å². The van der Waals surface area contributed by atoms with Crippen LogP contribution in [0.3, 0.4) is 0 Å². The number of hydrogen-bond donors (Lipinski definition) is 0. The molecule has 2 heterocycles. The molecule has 2 aromatic heterocycles. The molecule has 4 aromatic rings. The van der Waals surface area contributed by atoms with Crippen LogP contribution in [0.1, 0.15) is 23.8 Å². The minimum Gasteiger partial charge on any atom is -0.497 e. The van der Waals surface area contributed by atoms with Crippen LogP contribution in [0.5, 0.6) is 5.75 Å². The van der Waals surface area contributed by atoms with E-state index in [0.717, 1.165) is 29.3 Å². The molecule has 29 heavy (non-hydrogen) atoms. The van der Waals surface area contributed by atoms with E-state index in [0.29, 0.717) is 0 Å². The number of fused-ring (bicyclic) bond motifs is 3. The molecule has 0 radical (unpaired) electrons. The van der Waals surface area contributed by atoms with Crippen molar-refractivity contribution in [3.63, 3.8) is 0 Å². The first-order valence-corrected chi connectivity index (χ1v) is 10.7. The minimum absolute atomic E-state index is 0. The molecule has 1 aliphatic carbocycles. The zero-order valence-electron chi connectivity index (χ0n) is 16.6. The second-order valence-electron chi connectivity index (χ2n) is 7.68. The highest BCUT2D eigenvalue weighted by Gasteiger charge is 2.23. The molecule has 1 unspecified atom stereocenters. The smallest absolute Gasteiger partial charge is 0.125 e. The fourth-order valence-electron chi connectivity index (χ4n) is 4.22. The SMILES string of the molecule is COc1cccc(-c2cc(-c3ccccc3)c3c4c(sc3n2)CC(C)CC4)c1.Cl.